The number of aromatic nitrogens is 3. The number of amides is 4. The van der Waals surface area contributed by atoms with Crippen molar-refractivity contribution in [3.8, 4) is 22.5 Å². The van der Waals surface area contributed by atoms with Gasteiger partial charge in [-0.25, -0.2) is 19.2 Å². The molecule has 0 aliphatic carbocycles. The zero-order valence-corrected chi connectivity index (χ0v) is 45.9. The summed E-state index contributed by atoms with van der Waals surface area (Å²) < 4.78 is 44.8. The SMILES string of the molecule is CO[C@@H](C)c1ncc(N2CCN(C)CC2)cc1-c1c2c3cc(cc4c3n1CCC4)-c1csc(n1)C[C@H](NC(=O)[C@H](C(C)C)N(C)C(=O)C1(F)CCN(C(=O)[C@H](F)Cl)CC1)C(=O)N1CCC[C@H](N1)C(=O)OCC(C)(C)C2. The molecule has 4 aromatic rings. The molecule has 75 heavy (non-hydrogen) atoms. The van der Waals surface area contributed by atoms with Crippen LogP contribution in [0.25, 0.3) is 33.4 Å². The smallest absolute Gasteiger partial charge is 0.324 e. The number of thiazole rings is 1. The Morgan fingerprint density at radius 1 is 1.03 bits per heavy atom. The van der Waals surface area contributed by atoms with Gasteiger partial charge >= 0.3 is 5.97 Å². The second kappa shape index (κ2) is 22.0. The number of ether oxygens (including phenoxy) is 2. The Morgan fingerprint density at radius 2 is 1.76 bits per heavy atom. The van der Waals surface area contributed by atoms with E-state index in [9.17, 15) is 28.4 Å². The van der Waals surface area contributed by atoms with Gasteiger partial charge in [0.2, 0.25) is 5.91 Å². The molecule has 0 radical (unpaired) electrons. The quantitative estimate of drug-likeness (QED) is 0.136. The molecule has 6 bridgehead atoms. The highest BCUT2D eigenvalue weighted by molar-refractivity contribution is 7.10. The van der Waals surface area contributed by atoms with Gasteiger partial charge in [0.1, 0.15) is 18.1 Å². The maximum atomic E-state index is 16.5. The highest BCUT2D eigenvalue weighted by Gasteiger charge is 2.48. The lowest BCUT2D eigenvalue weighted by Gasteiger charge is -2.40. The number of alkyl halides is 3. The first-order valence-corrected chi connectivity index (χ1v) is 27.7. The maximum Gasteiger partial charge on any atom is 0.324 e. The van der Waals surface area contributed by atoms with Crippen molar-refractivity contribution in [2.45, 2.75) is 128 Å². The van der Waals surface area contributed by atoms with Crippen LogP contribution < -0.4 is 15.6 Å². The number of hydrogen-bond acceptors (Lipinski definition) is 13. The van der Waals surface area contributed by atoms with E-state index in [4.69, 9.17) is 31.0 Å². The van der Waals surface area contributed by atoms with E-state index in [2.05, 4.69) is 64.2 Å². The normalized spacial score (nSPS) is 22.6. The van der Waals surface area contributed by atoms with Crippen molar-refractivity contribution in [2.24, 2.45) is 11.3 Å². The Bertz CT molecular complexity index is 2820. The minimum Gasteiger partial charge on any atom is -0.464 e. The molecule has 17 nitrogen and oxygen atoms in total. The number of methoxy groups -OCH3 is 1. The minimum atomic E-state index is -2.44. The number of hydrazine groups is 1. The molecule has 0 unspecified atom stereocenters. The second-order valence-corrected chi connectivity index (χ2v) is 23.6. The average molecular weight is 1080 g/mol. The van der Waals surface area contributed by atoms with Crippen molar-refractivity contribution in [1.29, 1.82) is 0 Å². The van der Waals surface area contributed by atoms with Crippen molar-refractivity contribution in [2.75, 3.05) is 78.5 Å². The van der Waals surface area contributed by atoms with Crippen molar-refractivity contribution in [3.63, 3.8) is 0 Å². The van der Waals surface area contributed by atoms with Gasteiger partial charge in [-0.1, -0.05) is 39.3 Å². The number of pyridine rings is 1. The van der Waals surface area contributed by atoms with Crippen LogP contribution in [0.5, 0.6) is 0 Å². The fourth-order valence-corrected chi connectivity index (χ4v) is 12.6. The lowest BCUT2D eigenvalue weighted by Crippen LogP contribution is -2.63. The standard InChI is InChI=1S/C54H71ClF2N10O7S/c1-31(2)44(63(7)52(72)54(57)13-17-65(18-14-54)50(70)47(55)56)48(68)60-40-26-42-59-41(29-75-42)34-23-33-11-9-15-66-45(33)36(24-34)38(27-53(4,5)30-74-51(71)39-12-10-16-67(61-39)49(40)69)46(66)37-25-35(28-58-43(37)32(3)73-8)64-21-19-62(6)20-22-64/h23-25,28-29,31-32,39-40,44,47,61H,9-22,26-27,30H2,1-8H3,(H,60,68)/t32-,39-,40-,44-,47-/m0/s1. The number of piperazine rings is 1. The van der Waals surface area contributed by atoms with Crippen LogP contribution in [0.15, 0.2) is 29.8 Å². The van der Waals surface area contributed by atoms with Gasteiger partial charge in [-0.2, -0.15) is 0 Å². The number of carbonyl (C=O) groups is 5. The summed E-state index contributed by atoms with van der Waals surface area (Å²) in [6.45, 7) is 14.0. The largest absolute Gasteiger partial charge is 0.464 e. The Labute approximate surface area is 446 Å². The predicted molar refractivity (Wildman–Crippen MR) is 283 cm³/mol. The van der Waals surface area contributed by atoms with Gasteiger partial charge in [-0.15, -0.1) is 11.3 Å². The minimum absolute atomic E-state index is 0.0236. The third-order valence-corrected chi connectivity index (χ3v) is 16.9. The van der Waals surface area contributed by atoms with Gasteiger partial charge in [0.25, 0.3) is 23.4 Å². The highest BCUT2D eigenvalue weighted by atomic mass is 35.5. The van der Waals surface area contributed by atoms with Gasteiger partial charge < -0.3 is 39.0 Å². The molecule has 5 aliphatic rings. The van der Waals surface area contributed by atoms with Crippen LogP contribution in [0.1, 0.15) is 94.7 Å². The summed E-state index contributed by atoms with van der Waals surface area (Å²) in [6.07, 6.45) is 4.03. The predicted octanol–water partition coefficient (Wildman–Crippen LogP) is 6.23. The third kappa shape index (κ3) is 11.1. The van der Waals surface area contributed by atoms with E-state index < -0.39 is 83.2 Å². The Balaban J connectivity index is 1.10. The molecule has 21 heteroatoms. The number of likely N-dealkylation sites (N-methyl/N-ethyl adjacent to an activating group) is 2. The van der Waals surface area contributed by atoms with E-state index in [1.54, 1.807) is 21.0 Å². The van der Waals surface area contributed by atoms with Crippen LogP contribution in [0.3, 0.4) is 0 Å². The molecule has 2 N–H and O–H groups in total. The lowest BCUT2D eigenvalue weighted by molar-refractivity contribution is -0.156. The lowest BCUT2D eigenvalue weighted by atomic mass is 9.84. The number of benzene rings is 1. The van der Waals surface area contributed by atoms with E-state index in [1.165, 1.54) is 29.0 Å². The number of hydrogen-bond donors (Lipinski definition) is 2. The molecule has 9 rings (SSSR count). The number of fused-ring (bicyclic) bond motifs is 6. The van der Waals surface area contributed by atoms with Crippen molar-refractivity contribution < 1.29 is 42.2 Å². The fraction of sp³-hybridized carbons (Fsp3) is 0.611. The Hall–Kier alpha value is -5.28. The first-order valence-electron chi connectivity index (χ1n) is 26.3. The number of anilines is 1. The number of piperidine rings is 1. The van der Waals surface area contributed by atoms with Crippen molar-refractivity contribution in [3.05, 3.63) is 51.6 Å². The van der Waals surface area contributed by atoms with Gasteiger partial charge in [0, 0.05) is 113 Å². The molecule has 0 spiro atoms. The summed E-state index contributed by atoms with van der Waals surface area (Å²) in [6, 6.07) is 3.42. The summed E-state index contributed by atoms with van der Waals surface area (Å²) in [5.41, 5.74) is 6.89. The number of nitrogens with zero attached hydrogens (tertiary/aromatic N) is 8. The molecular weight excluding hydrogens is 1010 g/mol. The van der Waals surface area contributed by atoms with Gasteiger partial charge in [0.15, 0.2) is 5.67 Å². The van der Waals surface area contributed by atoms with Crippen LogP contribution in [0.2, 0.25) is 0 Å². The van der Waals surface area contributed by atoms with Crippen molar-refractivity contribution in [1.82, 2.24) is 45.0 Å². The van der Waals surface area contributed by atoms with Gasteiger partial charge in [0.05, 0.1) is 52.2 Å². The van der Waals surface area contributed by atoms with Crippen LogP contribution in [-0.2, 0) is 59.3 Å². The molecule has 3 aromatic heterocycles. The van der Waals surface area contributed by atoms with E-state index in [0.717, 1.165) is 100 Å². The first kappa shape index (κ1) is 54.5. The Kier molecular flexibility index (Phi) is 16.0. The summed E-state index contributed by atoms with van der Waals surface area (Å²) in [5.74, 6) is -4.19. The number of rotatable bonds is 10. The number of cyclic esters (lactones) is 1. The number of carbonyl (C=O) groups excluding carboxylic acids is 5. The van der Waals surface area contributed by atoms with E-state index >= 15 is 4.39 Å². The van der Waals surface area contributed by atoms with Gasteiger partial charge in [-0.05, 0) is 81.3 Å². The fourth-order valence-electron chi connectivity index (χ4n) is 11.6. The molecule has 406 valence electrons. The average Bonchev–Trinajstić information content (AvgIpc) is 4.00. The first-order chi connectivity index (χ1) is 35.7. The molecule has 5 atom stereocenters. The monoisotopic (exact) mass is 1080 g/mol. The van der Waals surface area contributed by atoms with Gasteiger partial charge in [-0.3, -0.25) is 34.0 Å². The summed E-state index contributed by atoms with van der Waals surface area (Å²) in [5, 5.41) is 7.90. The van der Waals surface area contributed by atoms with E-state index in [1.807, 2.05) is 18.5 Å². The molecule has 1 aromatic carbocycles. The molecule has 5 aliphatic heterocycles. The summed E-state index contributed by atoms with van der Waals surface area (Å²) in [4.78, 5) is 86.8. The maximum absolute atomic E-state index is 16.5. The molecule has 3 fully saturated rings. The van der Waals surface area contributed by atoms with Crippen LogP contribution in [-0.4, -0.2) is 167 Å². The van der Waals surface area contributed by atoms with Crippen LogP contribution in [0.4, 0.5) is 14.5 Å². The molecule has 0 saturated carbocycles. The number of likely N-dealkylation sites (tertiary alicyclic amines) is 1. The molecular formula is C54H71ClF2N10O7S. The molecule has 8 heterocycles. The highest BCUT2D eigenvalue weighted by Crippen LogP contribution is 2.46. The third-order valence-electron chi connectivity index (χ3n) is 15.8. The van der Waals surface area contributed by atoms with E-state index in [-0.39, 0.29) is 38.8 Å². The summed E-state index contributed by atoms with van der Waals surface area (Å²) in [7, 11) is 5.20. The number of aryl methyl sites for hydroxylation is 2. The Morgan fingerprint density at radius 3 is 2.45 bits per heavy atom. The number of nitrogens with one attached hydrogen (secondary N) is 2. The number of esters is 1. The zero-order chi connectivity index (χ0) is 53.7. The van der Waals surface area contributed by atoms with Crippen LogP contribution in [0, 0.1) is 11.3 Å². The van der Waals surface area contributed by atoms with E-state index in [0.29, 0.717) is 30.0 Å². The zero-order valence-electron chi connectivity index (χ0n) is 44.3. The van der Waals surface area contributed by atoms with Crippen LogP contribution >= 0.6 is 22.9 Å². The molecule has 3 saturated heterocycles. The topological polar surface area (TPSA) is 175 Å². The van der Waals surface area contributed by atoms with Crippen molar-refractivity contribution >= 4 is 69.1 Å². The number of halogens is 3. The summed E-state index contributed by atoms with van der Waals surface area (Å²) >= 11 is 6.73. The molecule has 4 amide bonds. The second-order valence-electron chi connectivity index (χ2n) is 22.3.